The summed E-state index contributed by atoms with van der Waals surface area (Å²) in [7, 11) is 0. The molecule has 3 rings (SSSR count). The second kappa shape index (κ2) is 4.90. The third-order valence-electron chi connectivity index (χ3n) is 2.92. The van der Waals surface area contributed by atoms with Gasteiger partial charge in [-0.05, 0) is 36.8 Å². The molecule has 19 heavy (non-hydrogen) atoms. The molecule has 0 saturated carbocycles. The predicted molar refractivity (Wildman–Crippen MR) is 84.3 cm³/mol. The highest BCUT2D eigenvalue weighted by Gasteiger charge is 2.09. The van der Waals surface area contributed by atoms with E-state index in [2.05, 4.69) is 45.0 Å². The van der Waals surface area contributed by atoms with Crippen molar-refractivity contribution in [1.82, 2.24) is 9.97 Å². The number of fused-ring (bicyclic) bond motifs is 1. The van der Waals surface area contributed by atoms with Gasteiger partial charge in [0.15, 0.2) is 5.82 Å². The van der Waals surface area contributed by atoms with Crippen LogP contribution in [0.15, 0.2) is 34.8 Å². The van der Waals surface area contributed by atoms with Crippen molar-refractivity contribution in [2.24, 2.45) is 0 Å². The Morgan fingerprint density at radius 1 is 1.21 bits per heavy atom. The van der Waals surface area contributed by atoms with E-state index in [1.165, 1.54) is 4.88 Å². The van der Waals surface area contributed by atoms with Crippen LogP contribution in [0.2, 0.25) is 0 Å². The molecule has 3 nitrogen and oxygen atoms in total. The van der Waals surface area contributed by atoms with Crippen molar-refractivity contribution >= 4 is 44.0 Å². The van der Waals surface area contributed by atoms with Gasteiger partial charge in [0.2, 0.25) is 0 Å². The Morgan fingerprint density at radius 3 is 2.79 bits per heavy atom. The number of nitrogens with two attached hydrogens (primary N) is 1. The van der Waals surface area contributed by atoms with Gasteiger partial charge < -0.3 is 5.73 Å². The molecule has 96 valence electrons. The Kier molecular flexibility index (Phi) is 3.24. The standard InChI is InChI=1S/C14H12BrN3S/c1-2-9-4-6-12(19-9)14-17-11-5-3-8(15)7-10(11)13(16)18-14/h3-7H,2H2,1H3,(H2,16,17,18). The van der Waals surface area contributed by atoms with E-state index in [0.29, 0.717) is 11.6 Å². The maximum Gasteiger partial charge on any atom is 0.172 e. The Balaban J connectivity index is 2.17. The van der Waals surface area contributed by atoms with Crippen LogP contribution in [0, 0.1) is 0 Å². The highest BCUT2D eigenvalue weighted by molar-refractivity contribution is 9.10. The molecule has 0 aliphatic carbocycles. The Morgan fingerprint density at radius 2 is 2.05 bits per heavy atom. The molecule has 2 N–H and O–H groups in total. The third kappa shape index (κ3) is 2.35. The molecule has 0 saturated heterocycles. The number of nitrogen functional groups attached to an aromatic ring is 1. The maximum atomic E-state index is 6.04. The number of thiophene rings is 1. The van der Waals surface area contributed by atoms with Crippen LogP contribution in [0.25, 0.3) is 21.6 Å². The average Bonchev–Trinajstić information content (AvgIpc) is 2.88. The molecule has 0 aliphatic rings. The van der Waals surface area contributed by atoms with Crippen molar-refractivity contribution in [3.8, 4) is 10.7 Å². The fourth-order valence-electron chi connectivity index (χ4n) is 1.92. The van der Waals surface area contributed by atoms with E-state index in [0.717, 1.165) is 26.7 Å². The first kappa shape index (κ1) is 12.6. The number of benzene rings is 1. The van der Waals surface area contributed by atoms with E-state index < -0.39 is 0 Å². The summed E-state index contributed by atoms with van der Waals surface area (Å²) >= 11 is 5.15. The van der Waals surface area contributed by atoms with Crippen molar-refractivity contribution in [2.75, 3.05) is 5.73 Å². The number of hydrogen-bond donors (Lipinski definition) is 1. The molecule has 0 unspecified atom stereocenters. The number of rotatable bonds is 2. The molecule has 0 atom stereocenters. The van der Waals surface area contributed by atoms with E-state index >= 15 is 0 Å². The van der Waals surface area contributed by atoms with Crippen molar-refractivity contribution in [1.29, 1.82) is 0 Å². The molecule has 0 amide bonds. The third-order valence-corrected chi connectivity index (χ3v) is 4.64. The van der Waals surface area contributed by atoms with Crippen molar-refractivity contribution in [3.63, 3.8) is 0 Å². The van der Waals surface area contributed by atoms with Gasteiger partial charge in [0.1, 0.15) is 5.82 Å². The lowest BCUT2D eigenvalue weighted by molar-refractivity contribution is 1.19. The van der Waals surface area contributed by atoms with E-state index in [-0.39, 0.29) is 0 Å². The van der Waals surface area contributed by atoms with Gasteiger partial charge in [0.25, 0.3) is 0 Å². The van der Waals surface area contributed by atoms with Gasteiger partial charge in [-0.2, -0.15) is 0 Å². The highest BCUT2D eigenvalue weighted by Crippen LogP contribution is 2.29. The molecular weight excluding hydrogens is 322 g/mol. The van der Waals surface area contributed by atoms with Gasteiger partial charge in [-0.3, -0.25) is 0 Å². The van der Waals surface area contributed by atoms with E-state index in [1.54, 1.807) is 11.3 Å². The summed E-state index contributed by atoms with van der Waals surface area (Å²) in [5, 5.41) is 0.880. The van der Waals surface area contributed by atoms with Crippen LogP contribution in [0.3, 0.4) is 0 Å². The summed E-state index contributed by atoms with van der Waals surface area (Å²) < 4.78 is 0.979. The van der Waals surface area contributed by atoms with Gasteiger partial charge in [0.05, 0.1) is 10.4 Å². The Labute approximate surface area is 123 Å². The van der Waals surface area contributed by atoms with Crippen LogP contribution in [-0.2, 0) is 6.42 Å². The molecule has 2 heterocycles. The van der Waals surface area contributed by atoms with E-state index in [1.807, 2.05) is 18.2 Å². The number of aromatic nitrogens is 2. The lowest BCUT2D eigenvalue weighted by Gasteiger charge is -2.04. The van der Waals surface area contributed by atoms with Crippen molar-refractivity contribution < 1.29 is 0 Å². The predicted octanol–water partition coefficient (Wildman–Crippen LogP) is 4.27. The molecule has 0 spiro atoms. The lowest BCUT2D eigenvalue weighted by atomic mass is 10.2. The van der Waals surface area contributed by atoms with Gasteiger partial charge in [-0.1, -0.05) is 22.9 Å². The normalized spacial score (nSPS) is 11.1. The number of aryl methyl sites for hydroxylation is 1. The molecule has 2 aromatic heterocycles. The quantitative estimate of drug-likeness (QED) is 0.762. The number of anilines is 1. The summed E-state index contributed by atoms with van der Waals surface area (Å²) in [5.41, 5.74) is 6.91. The van der Waals surface area contributed by atoms with Gasteiger partial charge in [-0.15, -0.1) is 11.3 Å². The van der Waals surface area contributed by atoms with Crippen LogP contribution in [-0.4, -0.2) is 9.97 Å². The van der Waals surface area contributed by atoms with Gasteiger partial charge in [-0.25, -0.2) is 9.97 Å². The minimum absolute atomic E-state index is 0.521. The number of nitrogens with zero attached hydrogens (tertiary/aromatic N) is 2. The largest absolute Gasteiger partial charge is 0.383 e. The molecule has 0 aliphatic heterocycles. The fourth-order valence-corrected chi connectivity index (χ4v) is 3.17. The Hall–Kier alpha value is -1.46. The van der Waals surface area contributed by atoms with Crippen LogP contribution < -0.4 is 5.73 Å². The van der Waals surface area contributed by atoms with Gasteiger partial charge >= 0.3 is 0 Å². The molecule has 0 bridgehead atoms. The lowest BCUT2D eigenvalue weighted by Crippen LogP contribution is -1.96. The molecule has 3 aromatic rings. The topological polar surface area (TPSA) is 51.8 Å². The van der Waals surface area contributed by atoms with Gasteiger partial charge in [0, 0.05) is 14.7 Å². The molecule has 5 heteroatoms. The van der Waals surface area contributed by atoms with E-state index in [4.69, 9.17) is 5.73 Å². The molecule has 0 radical (unpaired) electrons. The van der Waals surface area contributed by atoms with Crippen LogP contribution in [0.5, 0.6) is 0 Å². The molecule has 1 aromatic carbocycles. The van der Waals surface area contributed by atoms with Crippen LogP contribution in [0.1, 0.15) is 11.8 Å². The minimum atomic E-state index is 0.521. The maximum absolute atomic E-state index is 6.04. The number of hydrogen-bond acceptors (Lipinski definition) is 4. The zero-order chi connectivity index (χ0) is 13.4. The number of halogens is 1. The first-order valence-corrected chi connectivity index (χ1v) is 7.60. The average molecular weight is 334 g/mol. The second-order valence-electron chi connectivity index (χ2n) is 4.21. The smallest absolute Gasteiger partial charge is 0.172 e. The molecule has 0 fully saturated rings. The van der Waals surface area contributed by atoms with Crippen molar-refractivity contribution in [3.05, 3.63) is 39.7 Å². The SMILES string of the molecule is CCc1ccc(-c2nc(N)c3cc(Br)ccc3n2)s1. The zero-order valence-corrected chi connectivity index (χ0v) is 12.8. The van der Waals surface area contributed by atoms with Crippen LogP contribution >= 0.6 is 27.3 Å². The first-order chi connectivity index (χ1) is 9.17. The summed E-state index contributed by atoms with van der Waals surface area (Å²) in [5.74, 6) is 1.23. The second-order valence-corrected chi connectivity index (χ2v) is 6.30. The minimum Gasteiger partial charge on any atom is -0.383 e. The fraction of sp³-hybridized carbons (Fsp3) is 0.143. The first-order valence-electron chi connectivity index (χ1n) is 5.99. The van der Waals surface area contributed by atoms with E-state index in [9.17, 15) is 0 Å². The highest BCUT2D eigenvalue weighted by atomic mass is 79.9. The summed E-state index contributed by atoms with van der Waals surface area (Å²) in [6.45, 7) is 2.14. The summed E-state index contributed by atoms with van der Waals surface area (Å²) in [6, 6.07) is 10.0. The summed E-state index contributed by atoms with van der Waals surface area (Å²) in [4.78, 5) is 11.4. The van der Waals surface area contributed by atoms with Crippen LogP contribution in [0.4, 0.5) is 5.82 Å². The van der Waals surface area contributed by atoms with Crippen molar-refractivity contribution in [2.45, 2.75) is 13.3 Å². The summed E-state index contributed by atoms with van der Waals surface area (Å²) in [6.07, 6.45) is 1.03. The monoisotopic (exact) mass is 333 g/mol. The Bertz CT molecular complexity index is 752. The molecular formula is C14H12BrN3S. The zero-order valence-electron chi connectivity index (χ0n) is 10.4.